The highest BCUT2D eigenvalue weighted by molar-refractivity contribution is 7.91. The molecule has 0 saturated carbocycles. The summed E-state index contributed by atoms with van der Waals surface area (Å²) in [5.41, 5.74) is 1.70. The first-order valence-electron chi connectivity index (χ1n) is 9.73. The highest BCUT2D eigenvalue weighted by atomic mass is 35.5. The van der Waals surface area contributed by atoms with Crippen LogP contribution < -0.4 is 4.90 Å². The van der Waals surface area contributed by atoms with E-state index >= 15 is 0 Å². The molecule has 0 spiro atoms. The van der Waals surface area contributed by atoms with Gasteiger partial charge in [0.1, 0.15) is 0 Å². The summed E-state index contributed by atoms with van der Waals surface area (Å²) in [7, 11) is -3.92. The lowest BCUT2D eigenvalue weighted by Gasteiger charge is -2.35. The molecule has 1 saturated heterocycles. The van der Waals surface area contributed by atoms with Gasteiger partial charge >= 0.3 is 0 Å². The second kappa shape index (κ2) is 8.06. The van der Waals surface area contributed by atoms with Gasteiger partial charge in [0.25, 0.3) is 0 Å². The maximum Gasteiger partial charge on any atom is 0.236 e. The van der Waals surface area contributed by atoms with Crippen LogP contribution in [-0.4, -0.2) is 38.7 Å². The van der Waals surface area contributed by atoms with Gasteiger partial charge in [0.15, 0.2) is 0 Å². The molecule has 4 rings (SSSR count). The van der Waals surface area contributed by atoms with E-state index < -0.39 is 9.84 Å². The van der Waals surface area contributed by atoms with Crippen LogP contribution in [-0.2, 0) is 14.6 Å². The van der Waals surface area contributed by atoms with Crippen LogP contribution in [0.2, 0.25) is 5.02 Å². The number of aryl methyl sites for hydroxylation is 1. The zero-order valence-electron chi connectivity index (χ0n) is 17.0. The highest BCUT2D eigenvalue weighted by Gasteiger charge is 2.34. The van der Waals surface area contributed by atoms with E-state index in [1.807, 2.05) is 49.9 Å². The largest absolute Gasteiger partial charge is 0.419 e. The number of morpholine rings is 1. The van der Waals surface area contributed by atoms with E-state index in [0.717, 1.165) is 11.1 Å². The van der Waals surface area contributed by atoms with Crippen molar-refractivity contribution in [2.75, 3.05) is 18.0 Å². The zero-order valence-corrected chi connectivity index (χ0v) is 18.6. The normalized spacial score (nSPS) is 19.8. The first-order chi connectivity index (χ1) is 14.3. The fourth-order valence-corrected chi connectivity index (χ4v) is 5.12. The van der Waals surface area contributed by atoms with Crippen molar-refractivity contribution in [2.24, 2.45) is 0 Å². The third kappa shape index (κ3) is 3.97. The minimum Gasteiger partial charge on any atom is -0.419 e. The number of rotatable bonds is 4. The number of sulfone groups is 1. The number of halogens is 1. The Morgan fingerprint density at radius 2 is 1.67 bits per heavy atom. The molecule has 0 unspecified atom stereocenters. The van der Waals surface area contributed by atoms with Gasteiger partial charge in [-0.3, -0.25) is 0 Å². The predicted octanol–water partition coefficient (Wildman–Crippen LogP) is 4.75. The molecule has 1 aliphatic heterocycles. The molecular weight excluding hydrogens is 424 g/mol. The summed E-state index contributed by atoms with van der Waals surface area (Å²) >= 11 is 5.94. The molecule has 1 aliphatic rings. The molecule has 2 atom stereocenters. The van der Waals surface area contributed by atoms with Crippen LogP contribution >= 0.6 is 11.6 Å². The monoisotopic (exact) mass is 446 g/mol. The second-order valence-electron chi connectivity index (χ2n) is 7.56. The van der Waals surface area contributed by atoms with E-state index in [4.69, 9.17) is 20.8 Å². The van der Waals surface area contributed by atoms with Crippen molar-refractivity contribution in [3.8, 4) is 11.5 Å². The Morgan fingerprint density at radius 1 is 1.03 bits per heavy atom. The summed E-state index contributed by atoms with van der Waals surface area (Å²) < 4.78 is 38.9. The maximum absolute atomic E-state index is 13.5. The molecule has 0 bridgehead atoms. The first kappa shape index (κ1) is 20.9. The molecule has 6 nitrogen and oxygen atoms in total. The van der Waals surface area contributed by atoms with E-state index in [-0.39, 0.29) is 33.9 Å². The van der Waals surface area contributed by atoms with Crippen LogP contribution in [0, 0.1) is 6.92 Å². The Labute approximate surface area is 181 Å². The quantitative estimate of drug-likeness (QED) is 0.575. The van der Waals surface area contributed by atoms with Gasteiger partial charge in [0.2, 0.25) is 26.6 Å². The number of hydrogen-bond acceptors (Lipinski definition) is 6. The Hall–Kier alpha value is -2.35. The molecular formula is C22H23ClN2O4S. The Morgan fingerprint density at radius 3 is 2.30 bits per heavy atom. The van der Waals surface area contributed by atoms with Crippen molar-refractivity contribution >= 4 is 27.3 Å². The van der Waals surface area contributed by atoms with Crippen LogP contribution in [0.4, 0.5) is 5.88 Å². The molecule has 1 fully saturated rings. The van der Waals surface area contributed by atoms with Gasteiger partial charge in [-0.2, -0.15) is 4.98 Å². The molecule has 0 aliphatic carbocycles. The topological polar surface area (TPSA) is 72.6 Å². The Kier molecular flexibility index (Phi) is 5.61. The predicted molar refractivity (Wildman–Crippen MR) is 116 cm³/mol. The third-order valence-corrected chi connectivity index (χ3v) is 6.96. The number of nitrogens with zero attached hydrogens (tertiary/aromatic N) is 2. The van der Waals surface area contributed by atoms with Gasteiger partial charge in [0, 0.05) is 23.7 Å². The van der Waals surface area contributed by atoms with E-state index in [9.17, 15) is 8.42 Å². The van der Waals surface area contributed by atoms with E-state index in [2.05, 4.69) is 4.98 Å². The molecule has 3 aromatic rings. The van der Waals surface area contributed by atoms with Crippen molar-refractivity contribution in [1.29, 1.82) is 0 Å². The molecule has 8 heteroatoms. The lowest BCUT2D eigenvalue weighted by atomic mass is 10.1. The van der Waals surface area contributed by atoms with Crippen LogP contribution in [0.15, 0.2) is 62.9 Å². The number of anilines is 1. The van der Waals surface area contributed by atoms with Gasteiger partial charge in [-0.1, -0.05) is 29.8 Å². The van der Waals surface area contributed by atoms with E-state index in [1.165, 1.54) is 12.1 Å². The van der Waals surface area contributed by atoms with E-state index in [1.54, 1.807) is 12.1 Å². The van der Waals surface area contributed by atoms with E-state index in [0.29, 0.717) is 18.1 Å². The summed E-state index contributed by atoms with van der Waals surface area (Å²) in [6.45, 7) is 6.86. The highest BCUT2D eigenvalue weighted by Crippen LogP contribution is 2.36. The fraction of sp³-hybridized carbons (Fsp3) is 0.318. The van der Waals surface area contributed by atoms with Crippen LogP contribution in [0.1, 0.15) is 19.4 Å². The van der Waals surface area contributed by atoms with Crippen LogP contribution in [0.3, 0.4) is 0 Å². The molecule has 0 amide bonds. The average molecular weight is 447 g/mol. The molecule has 2 aromatic carbocycles. The summed E-state index contributed by atoms with van der Waals surface area (Å²) in [4.78, 5) is 6.48. The number of hydrogen-bond donors (Lipinski definition) is 0. The van der Waals surface area contributed by atoms with Crippen LogP contribution in [0.25, 0.3) is 11.5 Å². The van der Waals surface area contributed by atoms with Gasteiger partial charge in [-0.25, -0.2) is 8.42 Å². The molecule has 0 N–H and O–H groups in total. The Bertz CT molecular complexity index is 1150. The summed E-state index contributed by atoms with van der Waals surface area (Å²) in [6, 6.07) is 13.7. The number of ether oxygens (including phenoxy) is 1. The molecule has 1 aromatic heterocycles. The molecule has 30 heavy (non-hydrogen) atoms. The standard InChI is InChI=1S/C22H23ClN2O4S/c1-14-6-4-5-7-19(14)20-24-21(30(26,27)18-10-8-17(23)9-11-18)22(29-20)25-12-15(2)28-16(3)13-25/h4-11,15-16H,12-13H2,1-3H3/t15-,16+. The molecule has 2 heterocycles. The van der Waals surface area contributed by atoms with Crippen LogP contribution in [0.5, 0.6) is 0 Å². The third-order valence-electron chi connectivity index (χ3n) is 5.04. The summed E-state index contributed by atoms with van der Waals surface area (Å²) in [6.07, 6.45) is -0.126. The van der Waals surface area contributed by atoms with Gasteiger partial charge in [-0.05, 0) is 56.7 Å². The molecule has 158 valence electrons. The maximum atomic E-state index is 13.5. The summed E-state index contributed by atoms with van der Waals surface area (Å²) in [5, 5.41) is 0.370. The number of oxazole rings is 1. The van der Waals surface area contributed by atoms with Crippen molar-refractivity contribution in [3.05, 3.63) is 59.1 Å². The summed E-state index contributed by atoms with van der Waals surface area (Å²) in [5.74, 6) is 0.521. The van der Waals surface area contributed by atoms with Crippen molar-refractivity contribution in [3.63, 3.8) is 0 Å². The van der Waals surface area contributed by atoms with Gasteiger partial charge < -0.3 is 14.1 Å². The lowest BCUT2D eigenvalue weighted by molar-refractivity contribution is -0.00657. The smallest absolute Gasteiger partial charge is 0.236 e. The minimum atomic E-state index is -3.92. The number of benzene rings is 2. The number of aromatic nitrogens is 1. The van der Waals surface area contributed by atoms with Crippen molar-refractivity contribution in [2.45, 2.75) is 42.9 Å². The fourth-order valence-electron chi connectivity index (χ4n) is 3.67. The van der Waals surface area contributed by atoms with Crippen molar-refractivity contribution < 1.29 is 17.6 Å². The van der Waals surface area contributed by atoms with Gasteiger partial charge in [-0.15, -0.1) is 0 Å². The zero-order chi connectivity index (χ0) is 21.5. The first-order valence-corrected chi connectivity index (χ1v) is 11.6. The average Bonchev–Trinajstić information content (AvgIpc) is 3.14. The second-order valence-corrected chi connectivity index (χ2v) is 9.87. The SMILES string of the molecule is Cc1ccccc1-c1nc(S(=O)(=O)c2ccc(Cl)cc2)c(N2C[C@@H](C)O[C@@H](C)C2)o1. The minimum absolute atomic E-state index is 0.0631. The Balaban J connectivity index is 1.87. The molecule has 0 radical (unpaired) electrons. The van der Waals surface area contributed by atoms with Gasteiger partial charge in [0.05, 0.1) is 17.1 Å². The van der Waals surface area contributed by atoms with Crippen molar-refractivity contribution in [1.82, 2.24) is 4.98 Å². The lowest BCUT2D eigenvalue weighted by Crippen LogP contribution is -2.45.